The Morgan fingerprint density at radius 2 is 1.72 bits per heavy atom. The van der Waals surface area contributed by atoms with Gasteiger partial charge in [-0.1, -0.05) is 22.9 Å². The summed E-state index contributed by atoms with van der Waals surface area (Å²) < 4.78 is 46.5. The van der Waals surface area contributed by atoms with Crippen molar-refractivity contribution in [2.45, 2.75) is 18.4 Å². The molecule has 4 aromatic rings. The highest BCUT2D eigenvalue weighted by Crippen LogP contribution is 2.35. The Kier molecular flexibility index (Phi) is 7.60. The number of nitrogens with zero attached hydrogens (tertiary/aromatic N) is 2. The Hall–Kier alpha value is -3.87. The fraction of sp³-hybridized carbons (Fsp3) is 0.192. The molecule has 10 nitrogen and oxygen atoms in total. The predicted molar refractivity (Wildman–Crippen MR) is 146 cm³/mol. The van der Waals surface area contributed by atoms with Gasteiger partial charge in [-0.25, -0.2) is 8.42 Å². The third-order valence-corrected chi connectivity index (χ3v) is 8.33. The van der Waals surface area contributed by atoms with Crippen molar-refractivity contribution in [1.82, 2.24) is 4.57 Å². The van der Waals surface area contributed by atoms with Crippen LogP contribution < -0.4 is 19.0 Å². The van der Waals surface area contributed by atoms with Gasteiger partial charge in [0.05, 0.1) is 21.7 Å². The van der Waals surface area contributed by atoms with Gasteiger partial charge in [-0.2, -0.15) is 4.99 Å². The minimum Gasteiger partial charge on any atom is -0.486 e. The number of nitrogens with one attached hydrogen (secondary N) is 1. The molecule has 39 heavy (non-hydrogen) atoms. The van der Waals surface area contributed by atoms with Crippen molar-refractivity contribution < 1.29 is 32.2 Å². The second-order valence-corrected chi connectivity index (χ2v) is 11.4. The first-order valence-corrected chi connectivity index (χ1v) is 14.5. The summed E-state index contributed by atoms with van der Waals surface area (Å²) in [6.07, 6.45) is 0. The van der Waals surface area contributed by atoms with E-state index < -0.39 is 21.9 Å². The number of rotatable bonds is 7. The van der Waals surface area contributed by atoms with Gasteiger partial charge in [0.2, 0.25) is 0 Å². The minimum atomic E-state index is -3.84. The molecule has 202 valence electrons. The number of sulfonamides is 1. The monoisotopic (exact) mass is 587 g/mol. The fourth-order valence-corrected chi connectivity index (χ4v) is 6.06. The molecular formula is C26H22ClN3O7S2. The number of halogens is 1. The van der Waals surface area contributed by atoms with Crippen molar-refractivity contribution in [1.29, 1.82) is 0 Å². The van der Waals surface area contributed by atoms with Crippen LogP contribution >= 0.6 is 22.9 Å². The van der Waals surface area contributed by atoms with Crippen LogP contribution in [-0.4, -0.2) is 44.7 Å². The molecule has 3 aromatic carbocycles. The van der Waals surface area contributed by atoms with E-state index in [0.717, 1.165) is 4.70 Å². The number of carbonyl (C=O) groups is 2. The van der Waals surface area contributed by atoms with Gasteiger partial charge in [0, 0.05) is 28.4 Å². The Labute approximate surface area is 232 Å². The smallest absolute Gasteiger partial charge is 0.326 e. The van der Waals surface area contributed by atoms with E-state index in [4.69, 9.17) is 25.8 Å². The largest absolute Gasteiger partial charge is 0.486 e. The molecule has 1 N–H and O–H groups in total. The first kappa shape index (κ1) is 26.7. The molecule has 0 aliphatic carbocycles. The van der Waals surface area contributed by atoms with Crippen LogP contribution in [0.25, 0.3) is 10.2 Å². The number of hydrogen-bond donors (Lipinski definition) is 1. The van der Waals surface area contributed by atoms with E-state index >= 15 is 0 Å². The highest BCUT2D eigenvalue weighted by molar-refractivity contribution is 7.92. The van der Waals surface area contributed by atoms with Crippen LogP contribution in [0.5, 0.6) is 11.5 Å². The second kappa shape index (κ2) is 11.1. The average Bonchev–Trinajstić information content (AvgIpc) is 3.23. The molecule has 13 heteroatoms. The quantitative estimate of drug-likeness (QED) is 0.321. The maximum Gasteiger partial charge on any atom is 0.326 e. The standard InChI is InChI=1S/C26H22ClN3O7S2/c1-2-35-24(31)15-30-20-13-21-22(37-12-11-36-21)14-23(20)38-26(30)28-25(32)16-3-7-18(8-4-16)29-39(33,34)19-9-5-17(27)6-10-19/h3-10,13-14,29H,2,11-12,15H2,1H3. The number of fused-ring (bicyclic) bond motifs is 2. The predicted octanol–water partition coefficient (Wildman–Crippen LogP) is 4.23. The molecule has 0 spiro atoms. The third kappa shape index (κ3) is 5.92. The summed E-state index contributed by atoms with van der Waals surface area (Å²) in [6, 6.07) is 15.2. The van der Waals surface area contributed by atoms with E-state index in [1.165, 1.54) is 59.9 Å². The summed E-state index contributed by atoms with van der Waals surface area (Å²) in [4.78, 5) is 30.0. The molecule has 1 aliphatic heterocycles. The Morgan fingerprint density at radius 3 is 2.38 bits per heavy atom. The number of amides is 1. The lowest BCUT2D eigenvalue weighted by atomic mass is 10.2. The number of anilines is 1. The number of carbonyl (C=O) groups excluding carboxylic acids is 2. The first-order chi connectivity index (χ1) is 18.7. The lowest BCUT2D eigenvalue weighted by Crippen LogP contribution is -2.23. The van der Waals surface area contributed by atoms with E-state index in [-0.39, 0.29) is 34.1 Å². The summed E-state index contributed by atoms with van der Waals surface area (Å²) in [5.74, 6) is 0.0772. The number of hydrogen-bond acceptors (Lipinski definition) is 8. The molecule has 0 saturated heterocycles. The Balaban J connectivity index is 1.44. The second-order valence-electron chi connectivity index (χ2n) is 8.29. The number of ether oxygens (including phenoxy) is 3. The minimum absolute atomic E-state index is 0.0513. The molecule has 0 bridgehead atoms. The molecular weight excluding hydrogens is 566 g/mol. The van der Waals surface area contributed by atoms with E-state index in [0.29, 0.717) is 35.3 Å². The summed E-state index contributed by atoms with van der Waals surface area (Å²) in [5.41, 5.74) is 1.15. The molecule has 0 radical (unpaired) electrons. The molecule has 5 rings (SSSR count). The van der Waals surface area contributed by atoms with Crippen LogP contribution in [0.1, 0.15) is 17.3 Å². The number of aromatic nitrogens is 1. The molecule has 1 aliphatic rings. The summed E-state index contributed by atoms with van der Waals surface area (Å²) in [5, 5.41) is 0.420. The normalized spacial score (nSPS) is 13.3. The van der Waals surface area contributed by atoms with Gasteiger partial charge in [0.15, 0.2) is 16.3 Å². The van der Waals surface area contributed by atoms with Gasteiger partial charge in [-0.05, 0) is 55.5 Å². The van der Waals surface area contributed by atoms with Crippen molar-refractivity contribution in [3.63, 3.8) is 0 Å². The van der Waals surface area contributed by atoms with Crippen molar-refractivity contribution in [2.24, 2.45) is 4.99 Å². The first-order valence-electron chi connectivity index (χ1n) is 11.8. The van der Waals surface area contributed by atoms with Crippen molar-refractivity contribution >= 4 is 60.7 Å². The number of esters is 1. The molecule has 0 atom stereocenters. The molecule has 1 amide bonds. The third-order valence-electron chi connectivity index (χ3n) is 5.64. The van der Waals surface area contributed by atoms with Crippen LogP contribution in [0.2, 0.25) is 5.02 Å². The van der Waals surface area contributed by atoms with Gasteiger partial charge in [-0.15, -0.1) is 0 Å². The summed E-state index contributed by atoms with van der Waals surface area (Å²) in [7, 11) is -3.84. The SMILES string of the molecule is CCOC(=O)Cn1c(=NC(=O)c2ccc(NS(=O)(=O)c3ccc(Cl)cc3)cc2)sc2cc3c(cc21)OCCO3. The van der Waals surface area contributed by atoms with E-state index in [2.05, 4.69) is 9.71 Å². The summed E-state index contributed by atoms with van der Waals surface area (Å²) >= 11 is 7.06. The van der Waals surface area contributed by atoms with Crippen LogP contribution in [0.4, 0.5) is 5.69 Å². The van der Waals surface area contributed by atoms with Gasteiger partial charge in [0.25, 0.3) is 15.9 Å². The van der Waals surface area contributed by atoms with E-state index in [1.807, 2.05) is 0 Å². The maximum absolute atomic E-state index is 13.1. The van der Waals surface area contributed by atoms with Crippen molar-refractivity contribution in [3.8, 4) is 11.5 Å². The molecule has 0 fully saturated rings. The van der Waals surface area contributed by atoms with Crippen LogP contribution in [0.3, 0.4) is 0 Å². The highest BCUT2D eigenvalue weighted by atomic mass is 35.5. The van der Waals surface area contributed by atoms with Gasteiger partial charge in [-0.3, -0.25) is 14.3 Å². The van der Waals surface area contributed by atoms with Crippen molar-refractivity contribution in [3.05, 3.63) is 76.1 Å². The topological polar surface area (TPSA) is 125 Å². The fourth-order valence-electron chi connectivity index (χ4n) is 3.84. The van der Waals surface area contributed by atoms with E-state index in [1.54, 1.807) is 23.6 Å². The number of benzene rings is 3. The van der Waals surface area contributed by atoms with Crippen LogP contribution in [-0.2, 0) is 26.1 Å². The van der Waals surface area contributed by atoms with Gasteiger partial charge < -0.3 is 18.8 Å². The van der Waals surface area contributed by atoms with Gasteiger partial charge in [0.1, 0.15) is 19.8 Å². The average molecular weight is 588 g/mol. The maximum atomic E-state index is 13.1. The Morgan fingerprint density at radius 1 is 1.05 bits per heavy atom. The molecule has 0 unspecified atom stereocenters. The van der Waals surface area contributed by atoms with Crippen molar-refractivity contribution in [2.75, 3.05) is 24.5 Å². The lowest BCUT2D eigenvalue weighted by molar-refractivity contribution is -0.143. The lowest BCUT2D eigenvalue weighted by Gasteiger charge is -2.18. The molecule has 1 aromatic heterocycles. The molecule has 0 saturated carbocycles. The zero-order chi connectivity index (χ0) is 27.6. The van der Waals surface area contributed by atoms with Crippen LogP contribution in [0.15, 0.2) is 70.6 Å². The zero-order valence-electron chi connectivity index (χ0n) is 20.5. The molecule has 2 heterocycles. The highest BCUT2D eigenvalue weighted by Gasteiger charge is 2.19. The van der Waals surface area contributed by atoms with E-state index in [9.17, 15) is 18.0 Å². The van der Waals surface area contributed by atoms with Gasteiger partial charge >= 0.3 is 5.97 Å². The van der Waals surface area contributed by atoms with Crippen LogP contribution in [0, 0.1) is 0 Å². The Bertz CT molecular complexity index is 1730. The number of thiazole rings is 1. The zero-order valence-corrected chi connectivity index (χ0v) is 22.9. The summed E-state index contributed by atoms with van der Waals surface area (Å²) in [6.45, 7) is 2.61.